The number of carbonyl (C=O) groups is 4. The number of ether oxygens (including phenoxy) is 2. The third kappa shape index (κ3) is 5.55. The zero-order valence-corrected chi connectivity index (χ0v) is 25.1. The summed E-state index contributed by atoms with van der Waals surface area (Å²) in [5.74, 6) is 2.42. The van der Waals surface area contributed by atoms with Crippen molar-refractivity contribution in [1.82, 2.24) is 0 Å². The van der Waals surface area contributed by atoms with Gasteiger partial charge in [-0.05, 0) is 90.8 Å². The number of fused-ring (bicyclic) bond motifs is 2. The van der Waals surface area contributed by atoms with Gasteiger partial charge in [-0.25, -0.2) is 9.80 Å². The molecule has 2 heterocycles. The summed E-state index contributed by atoms with van der Waals surface area (Å²) in [5.41, 5.74) is -3.62. The van der Waals surface area contributed by atoms with E-state index in [-0.39, 0.29) is 65.4 Å². The molecule has 49 heavy (non-hydrogen) atoms. The maximum atomic E-state index is 15.1. The average Bonchev–Trinajstić information content (AvgIpc) is 3.49. The molecule has 8 nitrogen and oxygen atoms in total. The van der Waals surface area contributed by atoms with Gasteiger partial charge in [-0.3, -0.25) is 19.2 Å². The quantitative estimate of drug-likeness (QED) is 0.152. The van der Waals surface area contributed by atoms with Gasteiger partial charge in [-0.1, -0.05) is 31.4 Å². The van der Waals surface area contributed by atoms with Crippen LogP contribution in [0.2, 0.25) is 0 Å². The molecular formula is C38H27F3N2O6. The van der Waals surface area contributed by atoms with Crippen molar-refractivity contribution in [3.63, 3.8) is 0 Å². The van der Waals surface area contributed by atoms with Crippen molar-refractivity contribution in [2.45, 2.75) is 25.9 Å². The first kappa shape index (κ1) is 34.0. The summed E-state index contributed by atoms with van der Waals surface area (Å²) < 4.78 is 55.9. The van der Waals surface area contributed by atoms with Crippen LogP contribution in [0.15, 0.2) is 84.9 Å². The second kappa shape index (κ2) is 12.7. The highest BCUT2D eigenvalue weighted by Gasteiger charge is 2.55. The standard InChI is InChI=1S/C37H23F3N2O6.CH4/c1-4-18-47-26-12-8-24(9-13-26)41-32(43)28-16-6-22(20-30(28)34(41)45)36(3,37(38,39)40)23-7-17-29-31(21-23)35(46)42(33(29)44)25-10-14-27(15-11-25)48-19-5-2;/h1-2,6-17,20-21H,18-19H2,3H3;1H4. The molecule has 11 heteroatoms. The molecule has 6 rings (SSSR count). The summed E-state index contributed by atoms with van der Waals surface area (Å²) in [5, 5.41) is 0. The lowest BCUT2D eigenvalue weighted by Gasteiger charge is -2.33. The molecule has 0 aromatic heterocycles. The molecular weight excluding hydrogens is 637 g/mol. The third-order valence-electron chi connectivity index (χ3n) is 8.33. The lowest BCUT2D eigenvalue weighted by Crippen LogP contribution is -2.41. The Morgan fingerprint density at radius 2 is 0.939 bits per heavy atom. The molecule has 246 valence electrons. The zero-order chi connectivity index (χ0) is 34.4. The van der Waals surface area contributed by atoms with E-state index in [0.717, 1.165) is 41.0 Å². The summed E-state index contributed by atoms with van der Waals surface area (Å²) in [7, 11) is 0. The molecule has 0 N–H and O–H groups in total. The highest BCUT2D eigenvalue weighted by molar-refractivity contribution is 6.35. The minimum Gasteiger partial charge on any atom is -0.481 e. The van der Waals surface area contributed by atoms with Gasteiger partial charge in [0, 0.05) is 0 Å². The van der Waals surface area contributed by atoms with E-state index in [1.807, 2.05) is 0 Å². The van der Waals surface area contributed by atoms with Crippen LogP contribution in [0.3, 0.4) is 0 Å². The average molecular weight is 665 g/mol. The van der Waals surface area contributed by atoms with Crippen LogP contribution in [0.25, 0.3) is 0 Å². The number of benzene rings is 4. The minimum absolute atomic E-state index is 0. The number of amides is 4. The van der Waals surface area contributed by atoms with E-state index in [1.165, 1.54) is 60.7 Å². The Kier molecular flexibility index (Phi) is 8.82. The number of anilines is 2. The lowest BCUT2D eigenvalue weighted by atomic mass is 9.74. The molecule has 0 fully saturated rings. The number of nitrogens with zero attached hydrogens (tertiary/aromatic N) is 2. The predicted octanol–water partition coefficient (Wildman–Crippen LogP) is 6.82. The fourth-order valence-corrected chi connectivity index (χ4v) is 5.70. The van der Waals surface area contributed by atoms with Gasteiger partial charge in [0.05, 0.1) is 33.6 Å². The molecule has 0 saturated heterocycles. The van der Waals surface area contributed by atoms with Gasteiger partial charge in [-0.2, -0.15) is 13.2 Å². The van der Waals surface area contributed by atoms with Crippen molar-refractivity contribution in [2.24, 2.45) is 0 Å². The summed E-state index contributed by atoms with van der Waals surface area (Å²) >= 11 is 0. The van der Waals surface area contributed by atoms with Crippen molar-refractivity contribution in [2.75, 3.05) is 23.0 Å². The first-order valence-corrected chi connectivity index (χ1v) is 14.4. The van der Waals surface area contributed by atoms with Crippen LogP contribution < -0.4 is 19.3 Å². The number of halogens is 3. The molecule has 4 aromatic rings. The van der Waals surface area contributed by atoms with Gasteiger partial charge in [0.25, 0.3) is 23.6 Å². The van der Waals surface area contributed by atoms with Crippen molar-refractivity contribution >= 4 is 35.0 Å². The topological polar surface area (TPSA) is 93.2 Å². The molecule has 2 aliphatic rings. The van der Waals surface area contributed by atoms with E-state index < -0.39 is 35.2 Å². The summed E-state index contributed by atoms with van der Waals surface area (Å²) in [6.07, 6.45) is 5.45. The highest BCUT2D eigenvalue weighted by atomic mass is 19.4. The number of hydrogen-bond acceptors (Lipinski definition) is 6. The molecule has 0 radical (unpaired) electrons. The van der Waals surface area contributed by atoms with E-state index in [0.29, 0.717) is 11.5 Å². The fourth-order valence-electron chi connectivity index (χ4n) is 5.70. The maximum absolute atomic E-state index is 15.1. The molecule has 0 aliphatic carbocycles. The van der Waals surface area contributed by atoms with Crippen LogP contribution in [0.5, 0.6) is 11.5 Å². The first-order valence-electron chi connectivity index (χ1n) is 14.4. The SMILES string of the molecule is C.C#CCOc1ccc(N2C(=O)c3ccc(C(C)(c4ccc5c(c4)C(=O)N(c4ccc(OCC#C)cc4)C5=O)C(F)(F)F)cc3C2=O)cc1. The van der Waals surface area contributed by atoms with Crippen LogP contribution in [0, 0.1) is 24.7 Å². The molecule has 2 aliphatic heterocycles. The van der Waals surface area contributed by atoms with Crippen LogP contribution in [0.1, 0.15) is 66.9 Å². The Morgan fingerprint density at radius 3 is 1.27 bits per heavy atom. The molecule has 0 saturated carbocycles. The Bertz CT molecular complexity index is 1950. The molecule has 0 atom stereocenters. The Balaban J connectivity index is 0.00000468. The molecule has 4 aromatic carbocycles. The fraction of sp³-hybridized carbons (Fsp3) is 0.158. The summed E-state index contributed by atoms with van der Waals surface area (Å²) in [6.45, 7) is 0.939. The smallest absolute Gasteiger partial charge is 0.402 e. The van der Waals surface area contributed by atoms with E-state index in [2.05, 4.69) is 11.8 Å². The number of imide groups is 2. The normalized spacial score (nSPS) is 13.8. The molecule has 0 unspecified atom stereocenters. The summed E-state index contributed by atoms with van der Waals surface area (Å²) in [6, 6.07) is 18.6. The van der Waals surface area contributed by atoms with E-state index in [1.54, 1.807) is 0 Å². The lowest BCUT2D eigenvalue weighted by molar-refractivity contribution is -0.173. The Morgan fingerprint density at radius 1 is 0.592 bits per heavy atom. The van der Waals surface area contributed by atoms with Crippen LogP contribution >= 0.6 is 0 Å². The molecule has 0 bridgehead atoms. The Hall–Kier alpha value is -6.33. The van der Waals surface area contributed by atoms with Gasteiger partial charge < -0.3 is 9.47 Å². The monoisotopic (exact) mass is 664 g/mol. The Labute approximate surface area is 280 Å². The minimum atomic E-state index is -4.94. The largest absolute Gasteiger partial charge is 0.481 e. The van der Waals surface area contributed by atoms with Gasteiger partial charge in [-0.15, -0.1) is 12.8 Å². The van der Waals surface area contributed by atoms with Crippen LogP contribution in [-0.2, 0) is 5.41 Å². The third-order valence-corrected chi connectivity index (χ3v) is 8.33. The van der Waals surface area contributed by atoms with Crippen molar-refractivity contribution in [3.05, 3.63) is 118 Å². The van der Waals surface area contributed by atoms with E-state index >= 15 is 13.2 Å². The second-order valence-electron chi connectivity index (χ2n) is 11.0. The van der Waals surface area contributed by atoms with Gasteiger partial charge >= 0.3 is 6.18 Å². The van der Waals surface area contributed by atoms with Crippen molar-refractivity contribution < 1.29 is 41.8 Å². The van der Waals surface area contributed by atoms with Crippen LogP contribution in [-0.4, -0.2) is 43.0 Å². The van der Waals surface area contributed by atoms with Crippen molar-refractivity contribution in [1.29, 1.82) is 0 Å². The number of carbonyl (C=O) groups excluding carboxylic acids is 4. The van der Waals surface area contributed by atoms with Gasteiger partial charge in [0.1, 0.15) is 30.1 Å². The first-order chi connectivity index (χ1) is 22.9. The highest BCUT2D eigenvalue weighted by Crippen LogP contribution is 2.48. The number of rotatable bonds is 8. The number of terminal acetylenes is 2. The molecule has 0 spiro atoms. The predicted molar refractivity (Wildman–Crippen MR) is 176 cm³/mol. The zero-order valence-electron chi connectivity index (χ0n) is 25.1. The summed E-state index contributed by atoms with van der Waals surface area (Å²) in [4.78, 5) is 55.1. The van der Waals surface area contributed by atoms with E-state index in [9.17, 15) is 19.2 Å². The van der Waals surface area contributed by atoms with Gasteiger partial charge in [0.15, 0.2) is 0 Å². The van der Waals surface area contributed by atoms with Crippen LogP contribution in [0.4, 0.5) is 24.5 Å². The molecule has 4 amide bonds. The second-order valence-corrected chi connectivity index (χ2v) is 11.0. The van der Waals surface area contributed by atoms with Crippen molar-refractivity contribution in [3.8, 4) is 36.2 Å². The maximum Gasteiger partial charge on any atom is 0.402 e. The number of alkyl halides is 3. The van der Waals surface area contributed by atoms with E-state index in [4.69, 9.17) is 22.3 Å². The van der Waals surface area contributed by atoms with Gasteiger partial charge in [0.2, 0.25) is 0 Å². The number of hydrogen-bond donors (Lipinski definition) is 0.